The van der Waals surface area contributed by atoms with Crippen LogP contribution in [0.2, 0.25) is 0 Å². The summed E-state index contributed by atoms with van der Waals surface area (Å²) in [5.74, 6) is 0.853. The average Bonchev–Trinajstić information content (AvgIpc) is 3.40. The van der Waals surface area contributed by atoms with Crippen LogP contribution in [0.25, 0.3) is 6.08 Å². The molecule has 1 aromatic carbocycles. The first-order valence-electron chi connectivity index (χ1n) is 10.8. The SMILES string of the molecule is CCOc1ccccc1/C=C/C(=O)N1CCC2(CC1)CCN(C(=O)c1snnc1C)C2. The standard InChI is InChI=1S/C23H28N4O3S/c1-3-30-19-7-5-4-6-18(19)8-9-20(28)26-13-10-23(11-14-26)12-15-27(16-23)22(29)21-17(2)24-25-31-21/h4-9H,3,10-16H2,1-2H3/b9-8+. The molecule has 2 aromatic rings. The Bertz CT molecular complexity index is 979. The van der Waals surface area contributed by atoms with Crippen LogP contribution >= 0.6 is 11.5 Å². The van der Waals surface area contributed by atoms with Crippen molar-refractivity contribution < 1.29 is 14.3 Å². The number of amides is 2. The number of hydrogen-bond acceptors (Lipinski definition) is 6. The molecular formula is C23H28N4O3S. The smallest absolute Gasteiger partial charge is 0.267 e. The third kappa shape index (κ3) is 4.63. The van der Waals surface area contributed by atoms with Crippen molar-refractivity contribution in [3.8, 4) is 5.75 Å². The van der Waals surface area contributed by atoms with Gasteiger partial charge in [-0.3, -0.25) is 9.59 Å². The predicted octanol–water partition coefficient (Wildman–Crippen LogP) is 3.41. The lowest BCUT2D eigenvalue weighted by molar-refractivity contribution is -0.128. The molecule has 2 aliphatic rings. The lowest BCUT2D eigenvalue weighted by atomic mass is 9.78. The van der Waals surface area contributed by atoms with Crippen LogP contribution in [-0.2, 0) is 4.79 Å². The van der Waals surface area contributed by atoms with Gasteiger partial charge in [0.05, 0.1) is 12.3 Å². The molecule has 3 heterocycles. The second-order valence-electron chi connectivity index (χ2n) is 8.29. The molecule has 0 N–H and O–H groups in total. The minimum absolute atomic E-state index is 0.0263. The van der Waals surface area contributed by atoms with E-state index >= 15 is 0 Å². The maximum absolute atomic E-state index is 12.8. The van der Waals surface area contributed by atoms with E-state index in [-0.39, 0.29) is 17.2 Å². The van der Waals surface area contributed by atoms with Gasteiger partial charge in [-0.2, -0.15) is 0 Å². The Hall–Kier alpha value is -2.74. The molecule has 31 heavy (non-hydrogen) atoms. The summed E-state index contributed by atoms with van der Waals surface area (Å²) in [5.41, 5.74) is 1.72. The van der Waals surface area contributed by atoms with E-state index in [4.69, 9.17) is 4.74 Å². The van der Waals surface area contributed by atoms with Crippen LogP contribution < -0.4 is 4.74 Å². The number of benzene rings is 1. The average molecular weight is 441 g/mol. The molecule has 0 unspecified atom stereocenters. The maximum Gasteiger partial charge on any atom is 0.267 e. The van der Waals surface area contributed by atoms with Gasteiger partial charge in [0.25, 0.3) is 5.91 Å². The molecule has 8 heteroatoms. The molecule has 2 aliphatic heterocycles. The number of carbonyl (C=O) groups excluding carboxylic acids is 2. The van der Waals surface area contributed by atoms with Crippen molar-refractivity contribution in [3.05, 3.63) is 46.5 Å². The van der Waals surface area contributed by atoms with Crippen LogP contribution in [0.5, 0.6) is 5.75 Å². The molecule has 1 spiro atoms. The van der Waals surface area contributed by atoms with E-state index in [1.807, 2.05) is 54.0 Å². The number of ether oxygens (including phenoxy) is 1. The largest absolute Gasteiger partial charge is 0.493 e. The first kappa shape index (κ1) is 21.5. The normalized spacial score (nSPS) is 18.1. The van der Waals surface area contributed by atoms with Crippen LogP contribution in [-0.4, -0.2) is 64.0 Å². The van der Waals surface area contributed by atoms with Gasteiger partial charge in [0, 0.05) is 37.8 Å². The van der Waals surface area contributed by atoms with Gasteiger partial charge in [-0.15, -0.1) is 5.10 Å². The summed E-state index contributed by atoms with van der Waals surface area (Å²) in [7, 11) is 0. The molecule has 2 amide bonds. The second kappa shape index (κ2) is 9.18. The van der Waals surface area contributed by atoms with E-state index in [1.54, 1.807) is 6.08 Å². The van der Waals surface area contributed by atoms with Crippen molar-refractivity contribution in [1.29, 1.82) is 0 Å². The Balaban J connectivity index is 1.33. The van der Waals surface area contributed by atoms with Gasteiger partial charge < -0.3 is 14.5 Å². The van der Waals surface area contributed by atoms with Gasteiger partial charge in [-0.1, -0.05) is 22.7 Å². The molecule has 0 bridgehead atoms. The van der Waals surface area contributed by atoms with Crippen LogP contribution in [0, 0.1) is 12.3 Å². The number of likely N-dealkylation sites (tertiary alicyclic amines) is 2. The van der Waals surface area contributed by atoms with Gasteiger partial charge in [-0.25, -0.2) is 0 Å². The zero-order valence-corrected chi connectivity index (χ0v) is 18.9. The number of aryl methyl sites for hydroxylation is 1. The molecule has 0 atom stereocenters. The number of hydrogen-bond donors (Lipinski definition) is 0. The van der Waals surface area contributed by atoms with E-state index in [1.165, 1.54) is 11.5 Å². The maximum atomic E-state index is 12.8. The fraction of sp³-hybridized carbons (Fsp3) is 0.478. The molecule has 1 aromatic heterocycles. The number of rotatable bonds is 5. The summed E-state index contributed by atoms with van der Waals surface area (Å²) in [6.45, 7) is 7.32. The van der Waals surface area contributed by atoms with Crippen LogP contribution in [0.1, 0.15) is 47.1 Å². The van der Waals surface area contributed by atoms with Gasteiger partial charge >= 0.3 is 0 Å². The fourth-order valence-corrected chi connectivity index (χ4v) is 5.09. The highest BCUT2D eigenvalue weighted by atomic mass is 32.1. The minimum atomic E-state index is 0.0263. The van der Waals surface area contributed by atoms with E-state index < -0.39 is 0 Å². The first-order chi connectivity index (χ1) is 15.0. The number of piperidine rings is 1. The monoisotopic (exact) mass is 440 g/mol. The molecule has 164 valence electrons. The minimum Gasteiger partial charge on any atom is -0.493 e. The van der Waals surface area contributed by atoms with Crippen LogP contribution in [0.4, 0.5) is 0 Å². The van der Waals surface area contributed by atoms with E-state index in [0.29, 0.717) is 17.2 Å². The molecule has 0 radical (unpaired) electrons. The molecule has 4 rings (SSSR count). The number of carbonyl (C=O) groups is 2. The van der Waals surface area contributed by atoms with Crippen LogP contribution in [0.3, 0.4) is 0 Å². The number of aromatic nitrogens is 2. The lowest BCUT2D eigenvalue weighted by Gasteiger charge is -2.38. The summed E-state index contributed by atoms with van der Waals surface area (Å²) >= 11 is 1.17. The Morgan fingerprint density at radius 2 is 1.87 bits per heavy atom. The molecular weight excluding hydrogens is 412 g/mol. The summed E-state index contributed by atoms with van der Waals surface area (Å²) < 4.78 is 9.51. The second-order valence-corrected chi connectivity index (χ2v) is 9.05. The highest BCUT2D eigenvalue weighted by molar-refractivity contribution is 7.07. The summed E-state index contributed by atoms with van der Waals surface area (Å²) in [6.07, 6.45) is 6.31. The van der Waals surface area contributed by atoms with Gasteiger partial charge in [-0.05, 0) is 62.2 Å². The van der Waals surface area contributed by atoms with Crippen molar-refractivity contribution in [1.82, 2.24) is 19.4 Å². The number of nitrogens with zero attached hydrogens (tertiary/aromatic N) is 4. The van der Waals surface area contributed by atoms with Gasteiger partial charge in [0.15, 0.2) is 0 Å². The molecule has 2 saturated heterocycles. The Kier molecular flexibility index (Phi) is 6.36. The Labute approximate surface area is 186 Å². The highest BCUT2D eigenvalue weighted by Crippen LogP contribution is 2.41. The van der Waals surface area contributed by atoms with E-state index in [9.17, 15) is 9.59 Å². The quantitative estimate of drug-likeness (QED) is 0.666. The Morgan fingerprint density at radius 3 is 2.55 bits per heavy atom. The van der Waals surface area contributed by atoms with Crippen molar-refractivity contribution in [2.75, 3.05) is 32.8 Å². The zero-order valence-electron chi connectivity index (χ0n) is 18.0. The van der Waals surface area contributed by atoms with Crippen LogP contribution in [0.15, 0.2) is 30.3 Å². The topological polar surface area (TPSA) is 75.6 Å². The van der Waals surface area contributed by atoms with E-state index in [0.717, 1.165) is 56.8 Å². The number of para-hydroxylation sites is 1. The third-order valence-corrected chi connectivity index (χ3v) is 7.15. The van der Waals surface area contributed by atoms with Crippen molar-refractivity contribution in [2.45, 2.75) is 33.1 Å². The zero-order chi connectivity index (χ0) is 21.8. The molecule has 2 fully saturated rings. The molecule has 0 aliphatic carbocycles. The van der Waals surface area contributed by atoms with Crippen molar-refractivity contribution in [2.24, 2.45) is 5.41 Å². The summed E-state index contributed by atoms with van der Waals surface area (Å²) in [4.78, 5) is 30.0. The predicted molar refractivity (Wildman–Crippen MR) is 120 cm³/mol. The molecule has 0 saturated carbocycles. The summed E-state index contributed by atoms with van der Waals surface area (Å²) in [5, 5.41) is 3.96. The molecule has 7 nitrogen and oxygen atoms in total. The van der Waals surface area contributed by atoms with Crippen molar-refractivity contribution in [3.63, 3.8) is 0 Å². The first-order valence-corrected chi connectivity index (χ1v) is 11.6. The van der Waals surface area contributed by atoms with E-state index in [2.05, 4.69) is 9.59 Å². The Morgan fingerprint density at radius 1 is 1.16 bits per heavy atom. The lowest BCUT2D eigenvalue weighted by Crippen LogP contribution is -2.44. The van der Waals surface area contributed by atoms with Gasteiger partial charge in [0.2, 0.25) is 5.91 Å². The highest BCUT2D eigenvalue weighted by Gasteiger charge is 2.43. The third-order valence-electron chi connectivity index (χ3n) is 6.33. The summed E-state index contributed by atoms with van der Waals surface area (Å²) in [6, 6.07) is 7.73. The fourth-order valence-electron chi connectivity index (χ4n) is 4.46. The van der Waals surface area contributed by atoms with Crippen molar-refractivity contribution >= 4 is 29.4 Å². The van der Waals surface area contributed by atoms with Gasteiger partial charge in [0.1, 0.15) is 10.6 Å².